The quantitative estimate of drug-likeness (QED) is 0.762. The molecule has 0 saturated carbocycles. The van der Waals surface area contributed by atoms with Gasteiger partial charge in [0, 0.05) is 10.9 Å². The number of aryl methyl sites for hydroxylation is 1. The Morgan fingerprint density at radius 1 is 1.27 bits per heavy atom. The van der Waals surface area contributed by atoms with Crippen LogP contribution in [0.4, 0.5) is 4.79 Å². The Bertz CT molecular complexity index is 840. The summed E-state index contributed by atoms with van der Waals surface area (Å²) in [5.41, 5.74) is 6.02. The van der Waals surface area contributed by atoms with Crippen molar-refractivity contribution in [2.45, 2.75) is 33.8 Å². The van der Waals surface area contributed by atoms with Crippen molar-refractivity contribution in [1.82, 2.24) is 5.32 Å². The van der Waals surface area contributed by atoms with E-state index in [1.54, 1.807) is 39.0 Å². The summed E-state index contributed by atoms with van der Waals surface area (Å²) >= 11 is 0. The Morgan fingerprint density at radius 3 is 2.54 bits per heavy atom. The van der Waals surface area contributed by atoms with E-state index in [1.165, 1.54) is 0 Å². The molecule has 2 aromatic rings. The fraction of sp³-hybridized carbons (Fsp3) is 0.389. The molecule has 0 fully saturated rings. The molecular weight excluding hydrogens is 340 g/mol. The normalized spacial score (nSPS) is 12.0. The second-order valence-corrected chi connectivity index (χ2v) is 6.07. The van der Waals surface area contributed by atoms with Crippen LogP contribution < -0.4 is 15.8 Å². The molecule has 0 aliphatic heterocycles. The molecule has 0 unspecified atom stereocenters. The molecule has 0 aliphatic rings. The number of carbonyl (C=O) groups excluding carboxylic acids is 3. The number of rotatable bonds is 6. The maximum Gasteiger partial charge on any atom is 0.375 e. The Hall–Kier alpha value is -3.03. The van der Waals surface area contributed by atoms with Crippen LogP contribution in [-0.4, -0.2) is 30.6 Å². The van der Waals surface area contributed by atoms with Gasteiger partial charge in [0.05, 0.1) is 6.61 Å². The largest absolute Gasteiger partial charge is 0.494 e. The first-order chi connectivity index (χ1) is 12.2. The van der Waals surface area contributed by atoms with Gasteiger partial charge >= 0.3 is 12.0 Å². The van der Waals surface area contributed by atoms with E-state index >= 15 is 0 Å². The molecule has 1 aromatic heterocycles. The molecule has 2 rings (SSSR count). The highest BCUT2D eigenvalue weighted by molar-refractivity contribution is 6.00. The molecule has 8 nitrogen and oxygen atoms in total. The number of primary amides is 1. The van der Waals surface area contributed by atoms with Gasteiger partial charge in [0.1, 0.15) is 11.3 Å². The van der Waals surface area contributed by atoms with Gasteiger partial charge in [-0.2, -0.15) is 0 Å². The zero-order valence-corrected chi connectivity index (χ0v) is 15.1. The van der Waals surface area contributed by atoms with Crippen LogP contribution in [0.3, 0.4) is 0 Å². The Morgan fingerprint density at radius 2 is 1.96 bits per heavy atom. The van der Waals surface area contributed by atoms with Crippen molar-refractivity contribution in [1.29, 1.82) is 0 Å². The van der Waals surface area contributed by atoms with E-state index in [9.17, 15) is 14.4 Å². The molecule has 8 heteroatoms. The topological polar surface area (TPSA) is 121 Å². The summed E-state index contributed by atoms with van der Waals surface area (Å²) in [7, 11) is 0. The number of furan rings is 1. The third-order valence-corrected chi connectivity index (χ3v) is 3.75. The first-order valence-corrected chi connectivity index (χ1v) is 8.21. The lowest BCUT2D eigenvalue weighted by Crippen LogP contribution is -2.45. The molecule has 0 saturated heterocycles. The summed E-state index contributed by atoms with van der Waals surface area (Å²) < 4.78 is 16.3. The minimum atomic E-state index is -1.18. The van der Waals surface area contributed by atoms with Crippen molar-refractivity contribution in [2.75, 3.05) is 6.61 Å². The summed E-state index contributed by atoms with van der Waals surface area (Å²) in [6, 6.07) is 4.19. The second kappa shape index (κ2) is 7.90. The minimum Gasteiger partial charge on any atom is -0.494 e. The average Bonchev–Trinajstić information content (AvgIpc) is 2.88. The van der Waals surface area contributed by atoms with Crippen LogP contribution >= 0.6 is 0 Å². The van der Waals surface area contributed by atoms with Crippen LogP contribution in [0.25, 0.3) is 11.0 Å². The van der Waals surface area contributed by atoms with E-state index in [2.05, 4.69) is 0 Å². The zero-order chi connectivity index (χ0) is 19.4. The van der Waals surface area contributed by atoms with Gasteiger partial charge in [-0.25, -0.2) is 9.59 Å². The lowest BCUT2D eigenvalue weighted by atomic mass is 10.1. The number of nitrogens with two attached hydrogens (primary N) is 1. The Kier molecular flexibility index (Phi) is 5.86. The van der Waals surface area contributed by atoms with Gasteiger partial charge < -0.3 is 19.6 Å². The summed E-state index contributed by atoms with van der Waals surface area (Å²) in [6.07, 6.45) is -1.18. The number of hydrogen-bond acceptors (Lipinski definition) is 6. The Balaban J connectivity index is 2.29. The van der Waals surface area contributed by atoms with Crippen LogP contribution in [0.1, 0.15) is 36.9 Å². The molecule has 3 N–H and O–H groups in total. The van der Waals surface area contributed by atoms with Crippen LogP contribution in [0.15, 0.2) is 22.6 Å². The van der Waals surface area contributed by atoms with E-state index in [-0.39, 0.29) is 11.7 Å². The number of esters is 1. The number of ether oxygens (including phenoxy) is 2. The Labute approximate surface area is 150 Å². The monoisotopic (exact) mass is 362 g/mol. The molecule has 0 aliphatic carbocycles. The predicted octanol–water partition coefficient (Wildman–Crippen LogP) is 2.52. The molecule has 26 heavy (non-hydrogen) atoms. The highest BCUT2D eigenvalue weighted by atomic mass is 16.6. The second-order valence-electron chi connectivity index (χ2n) is 6.07. The van der Waals surface area contributed by atoms with E-state index in [1.807, 2.05) is 12.2 Å². The standard InChI is InChI=1S/C18H22N2O6/c1-5-24-11-6-7-13-12(8-11)10(4)15(25-13)17(22)26-14(9(2)3)16(21)20-18(19)23/h6-9,14H,5H2,1-4H3,(H3,19,20,21,23)/t14-/m1/s1. The van der Waals surface area contributed by atoms with Crippen molar-refractivity contribution < 1.29 is 28.3 Å². The summed E-state index contributed by atoms with van der Waals surface area (Å²) in [6.45, 7) is 7.46. The number of carbonyl (C=O) groups is 3. The number of imide groups is 1. The van der Waals surface area contributed by atoms with Gasteiger partial charge in [0.25, 0.3) is 5.91 Å². The smallest absolute Gasteiger partial charge is 0.375 e. The van der Waals surface area contributed by atoms with Crippen molar-refractivity contribution in [2.24, 2.45) is 11.7 Å². The third-order valence-electron chi connectivity index (χ3n) is 3.75. The average molecular weight is 362 g/mol. The number of urea groups is 1. The van der Waals surface area contributed by atoms with Crippen molar-refractivity contribution in [3.05, 3.63) is 29.5 Å². The van der Waals surface area contributed by atoms with Gasteiger partial charge in [-0.15, -0.1) is 0 Å². The van der Waals surface area contributed by atoms with Gasteiger partial charge in [-0.1, -0.05) is 13.8 Å². The van der Waals surface area contributed by atoms with Gasteiger partial charge in [-0.3, -0.25) is 10.1 Å². The van der Waals surface area contributed by atoms with Crippen LogP contribution in [-0.2, 0) is 9.53 Å². The maximum absolute atomic E-state index is 12.5. The van der Waals surface area contributed by atoms with Crippen molar-refractivity contribution in [3.8, 4) is 5.75 Å². The zero-order valence-electron chi connectivity index (χ0n) is 15.1. The van der Waals surface area contributed by atoms with Gasteiger partial charge in [0.15, 0.2) is 6.10 Å². The molecular formula is C18H22N2O6. The fourth-order valence-electron chi connectivity index (χ4n) is 2.50. The lowest BCUT2D eigenvalue weighted by molar-refractivity contribution is -0.131. The van der Waals surface area contributed by atoms with Crippen LogP contribution in [0, 0.1) is 12.8 Å². The summed E-state index contributed by atoms with van der Waals surface area (Å²) in [4.78, 5) is 35.4. The lowest BCUT2D eigenvalue weighted by Gasteiger charge is -2.19. The fourth-order valence-corrected chi connectivity index (χ4v) is 2.50. The third kappa shape index (κ3) is 4.14. The van der Waals surface area contributed by atoms with E-state index < -0.39 is 24.0 Å². The first kappa shape index (κ1) is 19.3. The molecule has 0 bridgehead atoms. The summed E-state index contributed by atoms with van der Waals surface area (Å²) in [5, 5.41) is 2.63. The van der Waals surface area contributed by atoms with Crippen LogP contribution in [0.2, 0.25) is 0 Å². The molecule has 0 radical (unpaired) electrons. The first-order valence-electron chi connectivity index (χ1n) is 8.21. The van der Waals surface area contributed by atoms with Gasteiger partial charge in [0.2, 0.25) is 5.76 Å². The van der Waals surface area contributed by atoms with Gasteiger partial charge in [-0.05, 0) is 38.0 Å². The number of amides is 3. The van der Waals surface area contributed by atoms with Crippen molar-refractivity contribution in [3.63, 3.8) is 0 Å². The number of nitrogens with one attached hydrogen (secondary N) is 1. The van der Waals surface area contributed by atoms with E-state index in [4.69, 9.17) is 19.6 Å². The highest BCUT2D eigenvalue weighted by Gasteiger charge is 2.30. The number of fused-ring (bicyclic) bond motifs is 1. The maximum atomic E-state index is 12.5. The van der Waals surface area contributed by atoms with E-state index in [0.717, 1.165) is 0 Å². The molecule has 1 aromatic carbocycles. The van der Waals surface area contributed by atoms with Crippen molar-refractivity contribution >= 4 is 28.9 Å². The SMILES string of the molecule is CCOc1ccc2oc(C(=O)O[C@@H](C(=O)NC(N)=O)C(C)C)c(C)c2c1. The highest BCUT2D eigenvalue weighted by Crippen LogP contribution is 2.29. The molecule has 1 atom stereocenters. The molecule has 1 heterocycles. The van der Waals surface area contributed by atoms with Crippen LogP contribution in [0.5, 0.6) is 5.75 Å². The van der Waals surface area contributed by atoms with E-state index in [0.29, 0.717) is 28.9 Å². The predicted molar refractivity (Wildman–Crippen MR) is 93.9 cm³/mol. The molecule has 3 amide bonds. The number of benzene rings is 1. The number of hydrogen-bond donors (Lipinski definition) is 2. The molecule has 0 spiro atoms. The molecule has 140 valence electrons. The summed E-state index contributed by atoms with van der Waals surface area (Å²) in [5.74, 6) is -1.30. The minimum absolute atomic E-state index is 0.00817.